The van der Waals surface area contributed by atoms with Crippen molar-refractivity contribution < 1.29 is 13.7 Å². The van der Waals surface area contributed by atoms with Crippen molar-refractivity contribution in [2.45, 2.75) is 6.10 Å². The molecule has 0 radical (unpaired) electrons. The van der Waals surface area contributed by atoms with Crippen LogP contribution < -0.4 is 0 Å². The predicted octanol–water partition coefficient (Wildman–Crippen LogP) is 0.965. The number of hydrogen-bond acceptors (Lipinski definition) is 3. The van der Waals surface area contributed by atoms with Gasteiger partial charge in [-0.1, -0.05) is 30.3 Å². The second kappa shape index (κ2) is 6.11. The third-order valence-electron chi connectivity index (χ3n) is 3.05. The van der Waals surface area contributed by atoms with Crippen LogP contribution in [-0.4, -0.2) is 46.7 Å². The van der Waals surface area contributed by atoms with Crippen LogP contribution in [0.4, 0.5) is 0 Å². The highest BCUT2D eigenvalue weighted by Crippen LogP contribution is 2.19. The lowest BCUT2D eigenvalue weighted by Crippen LogP contribution is -2.44. The van der Waals surface area contributed by atoms with Gasteiger partial charge in [0, 0.05) is 42.5 Å². The summed E-state index contributed by atoms with van der Waals surface area (Å²) < 4.78 is 16.6. The summed E-state index contributed by atoms with van der Waals surface area (Å²) in [6.07, 6.45) is -0.558. The molecule has 0 aliphatic carbocycles. The maximum Gasteiger partial charge on any atom is 0.256 e. The minimum Gasteiger partial charge on any atom is -0.367 e. The molecule has 1 atom stereocenters. The van der Waals surface area contributed by atoms with Crippen molar-refractivity contribution in [2.75, 3.05) is 31.7 Å². The standard InChI is InChI=1S/C13H17NO3S/c1-17-12(11-5-3-2-4-6-11)13(15)14-7-9-18(16)10-8-14/h2-6,12H,7-10H2,1H3/t12-/m1/s1. The first kappa shape index (κ1) is 13.2. The zero-order valence-corrected chi connectivity index (χ0v) is 11.2. The summed E-state index contributed by atoms with van der Waals surface area (Å²) in [4.78, 5) is 14.1. The molecule has 1 aliphatic heterocycles. The lowest BCUT2D eigenvalue weighted by atomic mass is 10.1. The summed E-state index contributed by atoms with van der Waals surface area (Å²) in [7, 11) is 0.768. The monoisotopic (exact) mass is 267 g/mol. The highest BCUT2D eigenvalue weighted by molar-refractivity contribution is 7.85. The molecule has 0 bridgehead atoms. The third-order valence-corrected chi connectivity index (χ3v) is 4.33. The van der Waals surface area contributed by atoms with Crippen molar-refractivity contribution in [1.82, 2.24) is 4.90 Å². The van der Waals surface area contributed by atoms with Gasteiger partial charge in [0.2, 0.25) is 0 Å². The van der Waals surface area contributed by atoms with Gasteiger partial charge in [0.25, 0.3) is 5.91 Å². The highest BCUT2D eigenvalue weighted by atomic mass is 32.2. The number of hydrogen-bond donors (Lipinski definition) is 0. The summed E-state index contributed by atoms with van der Waals surface area (Å²) in [6, 6.07) is 9.45. The molecule has 98 valence electrons. The molecule has 5 heteroatoms. The van der Waals surface area contributed by atoms with Crippen LogP contribution in [0.1, 0.15) is 11.7 Å². The van der Waals surface area contributed by atoms with E-state index in [1.807, 2.05) is 30.3 Å². The number of carbonyl (C=O) groups excluding carboxylic acids is 1. The van der Waals surface area contributed by atoms with Crippen LogP contribution in [0.2, 0.25) is 0 Å². The summed E-state index contributed by atoms with van der Waals surface area (Å²) in [6.45, 7) is 1.11. The molecule has 0 N–H and O–H groups in total. The average Bonchev–Trinajstić information content (AvgIpc) is 2.41. The molecule has 1 aliphatic rings. The second-order valence-corrected chi connectivity index (χ2v) is 5.90. The van der Waals surface area contributed by atoms with E-state index < -0.39 is 16.9 Å². The van der Waals surface area contributed by atoms with Gasteiger partial charge in [0.15, 0.2) is 6.10 Å². The smallest absolute Gasteiger partial charge is 0.256 e. The van der Waals surface area contributed by atoms with Gasteiger partial charge in [-0.3, -0.25) is 9.00 Å². The molecule has 1 aromatic carbocycles. The van der Waals surface area contributed by atoms with Crippen molar-refractivity contribution in [3.63, 3.8) is 0 Å². The van der Waals surface area contributed by atoms with E-state index in [2.05, 4.69) is 0 Å². The maximum atomic E-state index is 12.3. The minimum atomic E-state index is -0.772. The molecule has 1 aromatic rings. The Bertz CT molecular complexity index is 425. The number of rotatable bonds is 3. The highest BCUT2D eigenvalue weighted by Gasteiger charge is 2.28. The molecular formula is C13H17NO3S. The molecule has 2 rings (SSSR count). The first-order valence-electron chi connectivity index (χ1n) is 5.94. The first-order chi connectivity index (χ1) is 8.72. The van der Waals surface area contributed by atoms with Gasteiger partial charge >= 0.3 is 0 Å². The molecule has 4 nitrogen and oxygen atoms in total. The zero-order chi connectivity index (χ0) is 13.0. The van der Waals surface area contributed by atoms with Gasteiger partial charge < -0.3 is 9.64 Å². The van der Waals surface area contributed by atoms with Crippen LogP contribution in [-0.2, 0) is 20.3 Å². The van der Waals surface area contributed by atoms with Gasteiger partial charge in [-0.25, -0.2) is 0 Å². The molecule has 1 amide bonds. The number of benzene rings is 1. The quantitative estimate of drug-likeness (QED) is 0.819. The molecule has 0 spiro atoms. The molecule has 0 unspecified atom stereocenters. The summed E-state index contributed by atoms with van der Waals surface area (Å²) in [5.41, 5.74) is 0.858. The molecule has 1 heterocycles. The fraction of sp³-hybridized carbons (Fsp3) is 0.462. The van der Waals surface area contributed by atoms with E-state index >= 15 is 0 Å². The topological polar surface area (TPSA) is 46.6 Å². The Morgan fingerprint density at radius 2 is 1.89 bits per heavy atom. The number of carbonyl (C=O) groups is 1. The number of methoxy groups -OCH3 is 1. The normalized spacial score (nSPS) is 18.6. The summed E-state index contributed by atoms with van der Waals surface area (Å²) in [5, 5.41) is 0. The van der Waals surface area contributed by atoms with Crippen molar-refractivity contribution in [1.29, 1.82) is 0 Å². The molecule has 18 heavy (non-hydrogen) atoms. The maximum absolute atomic E-state index is 12.3. The van der Waals surface area contributed by atoms with Gasteiger partial charge in [-0.15, -0.1) is 0 Å². The average molecular weight is 267 g/mol. The van der Waals surface area contributed by atoms with Crippen LogP contribution in [0, 0.1) is 0 Å². The van der Waals surface area contributed by atoms with Crippen LogP contribution in [0.3, 0.4) is 0 Å². The molecule has 0 aromatic heterocycles. The Hall–Kier alpha value is -1.20. The van der Waals surface area contributed by atoms with Crippen LogP contribution in [0.5, 0.6) is 0 Å². The van der Waals surface area contributed by atoms with Crippen LogP contribution in [0.15, 0.2) is 30.3 Å². The number of nitrogens with zero attached hydrogens (tertiary/aromatic N) is 1. The minimum absolute atomic E-state index is 0.0413. The van der Waals surface area contributed by atoms with E-state index in [9.17, 15) is 9.00 Å². The molecule has 1 saturated heterocycles. The van der Waals surface area contributed by atoms with E-state index in [0.717, 1.165) is 5.56 Å². The van der Waals surface area contributed by atoms with Crippen LogP contribution in [0.25, 0.3) is 0 Å². The van der Waals surface area contributed by atoms with Crippen molar-refractivity contribution >= 4 is 16.7 Å². The predicted molar refractivity (Wildman–Crippen MR) is 70.6 cm³/mol. The van der Waals surface area contributed by atoms with E-state index in [4.69, 9.17) is 4.74 Å². The van der Waals surface area contributed by atoms with E-state index in [1.54, 1.807) is 4.90 Å². The largest absolute Gasteiger partial charge is 0.367 e. The Morgan fingerprint density at radius 3 is 2.44 bits per heavy atom. The summed E-state index contributed by atoms with van der Waals surface area (Å²) >= 11 is 0. The lowest BCUT2D eigenvalue weighted by molar-refractivity contribution is -0.142. The molecular weight excluding hydrogens is 250 g/mol. The van der Waals surface area contributed by atoms with Gasteiger partial charge in [-0.05, 0) is 5.56 Å². The lowest BCUT2D eigenvalue weighted by Gasteiger charge is -2.29. The number of amides is 1. The van der Waals surface area contributed by atoms with Gasteiger partial charge in [0.05, 0.1) is 0 Å². The fourth-order valence-corrected chi connectivity index (χ4v) is 3.08. The Morgan fingerprint density at radius 1 is 1.28 bits per heavy atom. The Balaban J connectivity index is 2.09. The molecule has 1 fully saturated rings. The van der Waals surface area contributed by atoms with Gasteiger partial charge in [0.1, 0.15) is 0 Å². The molecule has 0 saturated carbocycles. The van der Waals surface area contributed by atoms with E-state index in [-0.39, 0.29) is 5.91 Å². The first-order valence-corrected chi connectivity index (χ1v) is 7.42. The Kier molecular flexibility index (Phi) is 4.49. The van der Waals surface area contributed by atoms with Crippen molar-refractivity contribution in [3.05, 3.63) is 35.9 Å². The zero-order valence-electron chi connectivity index (χ0n) is 10.4. The third kappa shape index (κ3) is 2.97. The fourth-order valence-electron chi connectivity index (χ4n) is 2.03. The second-order valence-electron chi connectivity index (χ2n) is 4.20. The Labute approximate surface area is 109 Å². The SMILES string of the molecule is CO[C@@H](C(=O)N1CCS(=O)CC1)c1ccccc1. The van der Waals surface area contributed by atoms with Crippen molar-refractivity contribution in [2.24, 2.45) is 0 Å². The van der Waals surface area contributed by atoms with Gasteiger partial charge in [-0.2, -0.15) is 0 Å². The van der Waals surface area contributed by atoms with E-state index in [0.29, 0.717) is 24.6 Å². The number of ether oxygens (including phenoxy) is 1. The van der Waals surface area contributed by atoms with E-state index in [1.165, 1.54) is 7.11 Å². The van der Waals surface area contributed by atoms with Crippen molar-refractivity contribution in [3.8, 4) is 0 Å². The van der Waals surface area contributed by atoms with Crippen LogP contribution >= 0.6 is 0 Å². The summed E-state index contributed by atoms with van der Waals surface area (Å²) in [5.74, 6) is 1.09.